The van der Waals surface area contributed by atoms with Crippen LogP contribution in [0.15, 0.2) is 42.0 Å². The van der Waals surface area contributed by atoms with E-state index in [9.17, 15) is 5.11 Å². The van der Waals surface area contributed by atoms with Crippen LogP contribution >= 0.6 is 0 Å². The summed E-state index contributed by atoms with van der Waals surface area (Å²) in [5, 5.41) is 9.97. The second-order valence-corrected chi connectivity index (χ2v) is 6.55. The Morgan fingerprint density at radius 3 is 2.60 bits per heavy atom. The SMILES string of the molecule is CC1=C[C@H](C)[C@@]2(CO)CO[C@H](c3ccccc3)[C@H]1[C@@H]2C. The van der Waals surface area contributed by atoms with E-state index in [4.69, 9.17) is 4.74 Å². The van der Waals surface area contributed by atoms with E-state index in [1.807, 2.05) is 6.07 Å². The quantitative estimate of drug-likeness (QED) is 0.834. The molecule has 5 atom stereocenters. The highest BCUT2D eigenvalue weighted by Crippen LogP contribution is 2.55. The summed E-state index contributed by atoms with van der Waals surface area (Å²) in [6, 6.07) is 10.5. The van der Waals surface area contributed by atoms with Gasteiger partial charge in [0.1, 0.15) is 0 Å². The van der Waals surface area contributed by atoms with E-state index in [0.717, 1.165) is 0 Å². The first-order valence-corrected chi connectivity index (χ1v) is 7.56. The minimum atomic E-state index is -0.116. The Balaban J connectivity index is 2.02. The predicted molar refractivity (Wildman–Crippen MR) is 80.2 cm³/mol. The average molecular weight is 272 g/mol. The van der Waals surface area contributed by atoms with E-state index in [1.54, 1.807) is 0 Å². The van der Waals surface area contributed by atoms with Gasteiger partial charge < -0.3 is 9.84 Å². The molecule has 2 aliphatic rings. The summed E-state index contributed by atoms with van der Waals surface area (Å²) in [5.74, 6) is 1.18. The van der Waals surface area contributed by atoms with Crippen LogP contribution in [0.5, 0.6) is 0 Å². The molecule has 1 aromatic rings. The molecule has 108 valence electrons. The van der Waals surface area contributed by atoms with Gasteiger partial charge in [-0.15, -0.1) is 0 Å². The summed E-state index contributed by atoms with van der Waals surface area (Å²) in [6.45, 7) is 7.55. The fourth-order valence-corrected chi connectivity index (χ4v) is 4.23. The van der Waals surface area contributed by atoms with Crippen LogP contribution in [0.2, 0.25) is 0 Å². The summed E-state index contributed by atoms with van der Waals surface area (Å²) >= 11 is 0. The van der Waals surface area contributed by atoms with Crippen LogP contribution < -0.4 is 0 Å². The molecule has 1 aromatic carbocycles. The van der Waals surface area contributed by atoms with Gasteiger partial charge in [0.25, 0.3) is 0 Å². The van der Waals surface area contributed by atoms with Crippen molar-refractivity contribution in [2.24, 2.45) is 23.2 Å². The van der Waals surface area contributed by atoms with E-state index in [-0.39, 0.29) is 18.1 Å². The molecule has 2 nitrogen and oxygen atoms in total. The minimum absolute atomic E-state index is 0.116. The van der Waals surface area contributed by atoms with Crippen molar-refractivity contribution in [3.63, 3.8) is 0 Å². The van der Waals surface area contributed by atoms with Gasteiger partial charge in [0.2, 0.25) is 0 Å². The number of hydrogen-bond donors (Lipinski definition) is 1. The van der Waals surface area contributed by atoms with Crippen LogP contribution in [0.4, 0.5) is 0 Å². The highest BCUT2D eigenvalue weighted by molar-refractivity contribution is 5.27. The van der Waals surface area contributed by atoms with Gasteiger partial charge in [0.05, 0.1) is 19.3 Å². The van der Waals surface area contributed by atoms with Crippen LogP contribution in [-0.4, -0.2) is 18.3 Å². The number of rotatable bonds is 2. The molecule has 1 heterocycles. The van der Waals surface area contributed by atoms with E-state index in [0.29, 0.717) is 24.4 Å². The molecule has 3 rings (SSSR count). The molecular weight excluding hydrogens is 248 g/mol. The number of allylic oxidation sites excluding steroid dienone is 1. The molecule has 0 saturated carbocycles. The Morgan fingerprint density at radius 1 is 1.25 bits per heavy atom. The van der Waals surface area contributed by atoms with Crippen molar-refractivity contribution in [2.45, 2.75) is 26.9 Å². The number of hydrogen-bond acceptors (Lipinski definition) is 2. The second-order valence-electron chi connectivity index (χ2n) is 6.55. The zero-order chi connectivity index (χ0) is 14.3. The molecule has 1 aliphatic carbocycles. The number of benzene rings is 1. The molecule has 0 amide bonds. The third-order valence-electron chi connectivity index (χ3n) is 5.67. The lowest BCUT2D eigenvalue weighted by molar-refractivity contribution is -0.165. The first kappa shape index (κ1) is 13.8. The highest BCUT2D eigenvalue weighted by Gasteiger charge is 2.53. The van der Waals surface area contributed by atoms with Crippen molar-refractivity contribution in [3.05, 3.63) is 47.5 Å². The maximum absolute atomic E-state index is 9.97. The number of aliphatic hydroxyl groups is 1. The summed E-state index contributed by atoms with van der Waals surface area (Å²) in [5.41, 5.74) is 2.54. The number of ether oxygens (including phenoxy) is 1. The Bertz CT molecular complexity index is 507. The van der Waals surface area contributed by atoms with Crippen molar-refractivity contribution in [1.82, 2.24) is 0 Å². The molecule has 2 heteroatoms. The Kier molecular flexibility index (Phi) is 3.47. The Hall–Kier alpha value is -1.12. The number of fused-ring (bicyclic) bond motifs is 2. The molecule has 1 fully saturated rings. The summed E-state index contributed by atoms with van der Waals surface area (Å²) < 4.78 is 6.24. The average Bonchev–Trinajstić information content (AvgIpc) is 2.46. The van der Waals surface area contributed by atoms with Crippen molar-refractivity contribution in [2.75, 3.05) is 13.2 Å². The van der Waals surface area contributed by atoms with Crippen molar-refractivity contribution in [1.29, 1.82) is 0 Å². The van der Waals surface area contributed by atoms with Crippen molar-refractivity contribution < 1.29 is 9.84 Å². The van der Waals surface area contributed by atoms with Crippen LogP contribution in [0.3, 0.4) is 0 Å². The van der Waals surface area contributed by atoms with Gasteiger partial charge in [-0.25, -0.2) is 0 Å². The van der Waals surface area contributed by atoms with Crippen molar-refractivity contribution >= 4 is 0 Å². The van der Waals surface area contributed by atoms with Crippen LogP contribution in [0, 0.1) is 23.2 Å². The lowest BCUT2D eigenvalue weighted by Crippen LogP contribution is -2.53. The fraction of sp³-hybridized carbons (Fsp3) is 0.556. The van der Waals surface area contributed by atoms with E-state index >= 15 is 0 Å². The van der Waals surface area contributed by atoms with Gasteiger partial charge in [0.15, 0.2) is 0 Å². The maximum Gasteiger partial charge on any atom is 0.0893 e. The molecule has 1 aliphatic heterocycles. The van der Waals surface area contributed by atoms with Gasteiger partial charge in [-0.3, -0.25) is 0 Å². The first-order chi connectivity index (χ1) is 9.60. The van der Waals surface area contributed by atoms with Gasteiger partial charge in [0, 0.05) is 11.3 Å². The summed E-state index contributed by atoms with van der Waals surface area (Å²) in [7, 11) is 0. The minimum Gasteiger partial charge on any atom is -0.396 e. The maximum atomic E-state index is 9.97. The highest BCUT2D eigenvalue weighted by atomic mass is 16.5. The van der Waals surface area contributed by atoms with Crippen LogP contribution in [0.1, 0.15) is 32.4 Å². The Labute approximate surface area is 121 Å². The van der Waals surface area contributed by atoms with Gasteiger partial charge in [-0.2, -0.15) is 0 Å². The van der Waals surface area contributed by atoms with Crippen LogP contribution in [0.25, 0.3) is 0 Å². The van der Waals surface area contributed by atoms with E-state index < -0.39 is 0 Å². The fourth-order valence-electron chi connectivity index (χ4n) is 4.23. The van der Waals surface area contributed by atoms with Crippen molar-refractivity contribution in [3.8, 4) is 0 Å². The third kappa shape index (κ3) is 1.86. The summed E-state index contributed by atoms with van der Waals surface area (Å²) in [4.78, 5) is 0. The number of aliphatic hydroxyl groups excluding tert-OH is 1. The molecule has 0 unspecified atom stereocenters. The normalized spacial score (nSPS) is 40.3. The molecular formula is C18H24O2. The van der Waals surface area contributed by atoms with E-state index in [2.05, 4.69) is 51.1 Å². The zero-order valence-corrected chi connectivity index (χ0v) is 12.5. The largest absolute Gasteiger partial charge is 0.396 e. The first-order valence-electron chi connectivity index (χ1n) is 7.56. The topological polar surface area (TPSA) is 29.5 Å². The smallest absolute Gasteiger partial charge is 0.0893 e. The zero-order valence-electron chi connectivity index (χ0n) is 12.5. The standard InChI is InChI=1S/C18H24O2/c1-12-9-13(2)18(10-19)11-20-17(16(12)14(18)3)15-7-5-4-6-8-15/h4-9,13-14,16-17,19H,10-11H2,1-3H3/t13-,14-,16+,17+,18+/m0/s1. The third-order valence-corrected chi connectivity index (χ3v) is 5.67. The van der Waals surface area contributed by atoms with Gasteiger partial charge in [-0.1, -0.05) is 55.8 Å². The second kappa shape index (κ2) is 5.01. The van der Waals surface area contributed by atoms with Crippen LogP contribution in [-0.2, 0) is 4.74 Å². The molecule has 2 bridgehead atoms. The van der Waals surface area contributed by atoms with Gasteiger partial charge in [-0.05, 0) is 24.3 Å². The lowest BCUT2D eigenvalue weighted by Gasteiger charge is -2.55. The monoisotopic (exact) mass is 272 g/mol. The van der Waals surface area contributed by atoms with Gasteiger partial charge >= 0.3 is 0 Å². The molecule has 20 heavy (non-hydrogen) atoms. The molecule has 0 radical (unpaired) electrons. The van der Waals surface area contributed by atoms with E-state index in [1.165, 1.54) is 11.1 Å². The summed E-state index contributed by atoms with van der Waals surface area (Å²) in [6.07, 6.45) is 2.47. The molecule has 0 spiro atoms. The Morgan fingerprint density at radius 2 is 1.95 bits per heavy atom. The molecule has 1 N–H and O–H groups in total. The lowest BCUT2D eigenvalue weighted by atomic mass is 9.56. The molecule has 0 aromatic heterocycles. The molecule has 1 saturated heterocycles. The predicted octanol–water partition coefficient (Wildman–Crippen LogP) is 3.58.